The van der Waals surface area contributed by atoms with Crippen LogP contribution in [0.1, 0.15) is 251 Å². The number of unbranched alkanes of at least 4 members (excludes halogenated alkanes) is 33. The second kappa shape index (κ2) is 40.4. The molecule has 1 amide bonds. The monoisotopic (exact) mass is 908 g/mol. The van der Waals surface area contributed by atoms with Crippen LogP contribution in [-0.2, 0) is 28.9 Å². The van der Waals surface area contributed by atoms with E-state index >= 15 is 0 Å². The maximum Gasteiger partial charge on any atom is 0.397 e. The van der Waals surface area contributed by atoms with E-state index in [2.05, 4.69) is 23.3 Å². The first-order chi connectivity index (χ1) is 30.0. The molecular formula is C49H97NO11S. The summed E-state index contributed by atoms with van der Waals surface area (Å²) in [6.45, 7) is 3.47. The van der Waals surface area contributed by atoms with Gasteiger partial charge < -0.3 is 35.2 Å². The van der Waals surface area contributed by atoms with Crippen molar-refractivity contribution < 1.29 is 51.8 Å². The number of hydrogen-bond acceptors (Lipinski definition) is 10. The van der Waals surface area contributed by atoms with Crippen LogP contribution in [0.15, 0.2) is 0 Å². The lowest BCUT2D eigenvalue weighted by Gasteiger charge is -2.41. The lowest BCUT2D eigenvalue weighted by molar-refractivity contribution is -0.298. The summed E-state index contributed by atoms with van der Waals surface area (Å²) >= 11 is 0. The molecule has 7 atom stereocenters. The Balaban J connectivity index is 2.35. The largest absolute Gasteiger partial charge is 0.397 e. The third-order valence-corrected chi connectivity index (χ3v) is 13.1. The van der Waals surface area contributed by atoms with E-state index in [4.69, 9.17) is 9.47 Å². The van der Waals surface area contributed by atoms with Gasteiger partial charge in [0.2, 0.25) is 5.91 Å². The van der Waals surface area contributed by atoms with Crippen molar-refractivity contribution in [2.75, 3.05) is 13.2 Å². The van der Waals surface area contributed by atoms with Crippen LogP contribution in [0, 0.1) is 0 Å². The zero-order valence-electron chi connectivity index (χ0n) is 39.7. The zero-order valence-corrected chi connectivity index (χ0v) is 40.5. The molecule has 0 aromatic carbocycles. The van der Waals surface area contributed by atoms with Crippen molar-refractivity contribution in [2.45, 2.75) is 294 Å². The zero-order chi connectivity index (χ0) is 45.5. The van der Waals surface area contributed by atoms with Gasteiger partial charge in [0.05, 0.1) is 25.4 Å². The fraction of sp³-hybridized carbons (Fsp3) is 0.980. The first kappa shape index (κ1) is 59.1. The quantitative estimate of drug-likeness (QED) is 0.0252. The molecule has 370 valence electrons. The molecule has 0 bridgehead atoms. The highest BCUT2D eigenvalue weighted by molar-refractivity contribution is 7.80. The van der Waals surface area contributed by atoms with Gasteiger partial charge in [-0.05, 0) is 12.8 Å². The average Bonchev–Trinajstić information content (AvgIpc) is 3.24. The van der Waals surface area contributed by atoms with Crippen molar-refractivity contribution >= 4 is 16.3 Å². The molecule has 1 rings (SSSR count). The lowest BCUT2D eigenvalue weighted by atomic mass is 9.99. The van der Waals surface area contributed by atoms with Gasteiger partial charge in [-0.25, -0.2) is 4.18 Å². The first-order valence-electron chi connectivity index (χ1n) is 25.9. The molecule has 0 aromatic rings. The van der Waals surface area contributed by atoms with Gasteiger partial charge >= 0.3 is 10.4 Å². The highest BCUT2D eigenvalue weighted by atomic mass is 32.3. The van der Waals surface area contributed by atoms with Crippen molar-refractivity contribution in [3.63, 3.8) is 0 Å². The normalized spacial score (nSPS) is 20.4. The molecule has 0 aliphatic carbocycles. The van der Waals surface area contributed by atoms with Crippen LogP contribution in [0.5, 0.6) is 0 Å². The second-order valence-electron chi connectivity index (χ2n) is 18.5. The van der Waals surface area contributed by atoms with Gasteiger partial charge in [0.1, 0.15) is 24.4 Å². The first-order valence-corrected chi connectivity index (χ1v) is 27.3. The minimum Gasteiger partial charge on any atom is -0.394 e. The number of aliphatic hydroxyl groups is 4. The number of aliphatic hydroxyl groups excluding tert-OH is 4. The SMILES string of the molecule is CCCCCCCCCCCCCCCCCCCCCCCCCC(=O)NC(COC1OC(CO)C(O)C(OS(=O)(=O)O)C1O)C(O)CCCCCCCCCCCCCC. The molecule has 0 radical (unpaired) electrons. The molecule has 1 fully saturated rings. The molecule has 7 unspecified atom stereocenters. The van der Waals surface area contributed by atoms with Gasteiger partial charge in [0.25, 0.3) is 0 Å². The van der Waals surface area contributed by atoms with E-state index in [-0.39, 0.29) is 12.5 Å². The van der Waals surface area contributed by atoms with E-state index in [0.717, 1.165) is 51.4 Å². The van der Waals surface area contributed by atoms with Crippen molar-refractivity contribution in [2.24, 2.45) is 0 Å². The van der Waals surface area contributed by atoms with Crippen LogP contribution in [0.2, 0.25) is 0 Å². The molecule has 1 aliphatic heterocycles. The summed E-state index contributed by atoms with van der Waals surface area (Å²) in [6, 6.07) is -0.851. The third kappa shape index (κ3) is 32.7. The van der Waals surface area contributed by atoms with E-state index in [9.17, 15) is 38.2 Å². The Hall–Kier alpha value is -0.900. The summed E-state index contributed by atoms with van der Waals surface area (Å²) < 4.78 is 47.7. The van der Waals surface area contributed by atoms with E-state index in [1.807, 2.05) is 0 Å². The van der Waals surface area contributed by atoms with Gasteiger partial charge in [-0.15, -0.1) is 0 Å². The molecule has 1 aliphatic rings. The standard InChI is InChI=1S/C49H97NO11S/c1-3-5-7-9-11-13-15-17-18-19-20-21-22-23-24-25-26-27-29-31-33-35-37-39-45(53)50-42(43(52)38-36-34-32-30-28-16-14-12-10-8-6-4-2)41-59-49-47(55)48(61-62(56,57)58)46(54)44(40-51)60-49/h42-44,46-49,51-52,54-55H,3-41H2,1-2H3,(H,50,53)(H,56,57,58). The second-order valence-corrected chi connectivity index (χ2v) is 19.5. The summed E-state index contributed by atoms with van der Waals surface area (Å²) in [7, 11) is -5.07. The molecule has 12 nitrogen and oxygen atoms in total. The number of carbonyl (C=O) groups excluding carboxylic acids is 1. The molecule has 0 saturated carbocycles. The van der Waals surface area contributed by atoms with Gasteiger partial charge in [0.15, 0.2) is 6.29 Å². The fourth-order valence-electron chi connectivity index (χ4n) is 8.64. The van der Waals surface area contributed by atoms with Crippen LogP contribution >= 0.6 is 0 Å². The Labute approximate surface area is 379 Å². The maximum absolute atomic E-state index is 13.1. The third-order valence-electron chi connectivity index (χ3n) is 12.7. The van der Waals surface area contributed by atoms with Gasteiger partial charge in [0, 0.05) is 6.42 Å². The number of nitrogens with one attached hydrogen (secondary N) is 1. The van der Waals surface area contributed by atoms with Crippen LogP contribution in [0.4, 0.5) is 0 Å². The van der Waals surface area contributed by atoms with E-state index in [0.29, 0.717) is 12.8 Å². The molecule has 1 heterocycles. The van der Waals surface area contributed by atoms with Crippen molar-refractivity contribution in [1.29, 1.82) is 0 Å². The number of hydrogen-bond donors (Lipinski definition) is 6. The summed E-state index contributed by atoms with van der Waals surface area (Å²) in [5, 5.41) is 44.9. The van der Waals surface area contributed by atoms with Crippen LogP contribution in [-0.4, -0.2) is 95.4 Å². The summed E-state index contributed by atoms with van der Waals surface area (Å²) in [6.07, 6.45) is 35.4. The Morgan fingerprint density at radius 2 is 0.935 bits per heavy atom. The number of carbonyl (C=O) groups is 1. The Kier molecular flexibility index (Phi) is 38.5. The lowest BCUT2D eigenvalue weighted by Crippen LogP contribution is -2.61. The topological polar surface area (TPSA) is 192 Å². The number of amides is 1. The molecule has 13 heteroatoms. The average molecular weight is 908 g/mol. The highest BCUT2D eigenvalue weighted by Crippen LogP contribution is 2.26. The Bertz CT molecular complexity index is 1120. The smallest absolute Gasteiger partial charge is 0.394 e. The van der Waals surface area contributed by atoms with Crippen molar-refractivity contribution in [1.82, 2.24) is 5.32 Å². The molecule has 1 saturated heterocycles. The molecular weight excluding hydrogens is 811 g/mol. The molecule has 0 aromatic heterocycles. The van der Waals surface area contributed by atoms with E-state index in [1.165, 1.54) is 173 Å². The number of ether oxygens (including phenoxy) is 2. The maximum atomic E-state index is 13.1. The number of rotatable bonds is 45. The predicted molar refractivity (Wildman–Crippen MR) is 250 cm³/mol. The highest BCUT2D eigenvalue weighted by Gasteiger charge is 2.48. The summed E-state index contributed by atoms with van der Waals surface area (Å²) in [5.41, 5.74) is 0. The van der Waals surface area contributed by atoms with E-state index < -0.39 is 59.9 Å². The van der Waals surface area contributed by atoms with Crippen molar-refractivity contribution in [3.8, 4) is 0 Å². The van der Waals surface area contributed by atoms with Crippen molar-refractivity contribution in [3.05, 3.63) is 0 Å². The summed E-state index contributed by atoms with van der Waals surface area (Å²) in [4.78, 5) is 13.1. The molecule has 62 heavy (non-hydrogen) atoms. The van der Waals surface area contributed by atoms with Crippen LogP contribution in [0.3, 0.4) is 0 Å². The fourth-order valence-corrected chi connectivity index (χ4v) is 9.15. The van der Waals surface area contributed by atoms with Gasteiger partial charge in [-0.2, -0.15) is 8.42 Å². The Morgan fingerprint density at radius 1 is 0.581 bits per heavy atom. The van der Waals surface area contributed by atoms with Gasteiger partial charge in [-0.3, -0.25) is 9.35 Å². The molecule has 6 N–H and O–H groups in total. The predicted octanol–water partition coefficient (Wildman–Crippen LogP) is 10.9. The summed E-state index contributed by atoms with van der Waals surface area (Å²) in [5.74, 6) is -0.225. The van der Waals surface area contributed by atoms with Crippen LogP contribution in [0.25, 0.3) is 0 Å². The van der Waals surface area contributed by atoms with E-state index in [1.54, 1.807) is 0 Å². The molecule has 0 spiro atoms. The van der Waals surface area contributed by atoms with Gasteiger partial charge in [-0.1, -0.05) is 232 Å². The minimum atomic E-state index is -5.07. The minimum absolute atomic E-state index is 0.225. The Morgan fingerprint density at radius 3 is 1.29 bits per heavy atom. The van der Waals surface area contributed by atoms with Crippen LogP contribution < -0.4 is 5.32 Å².